The summed E-state index contributed by atoms with van der Waals surface area (Å²) in [5.41, 5.74) is 3.88. The molecule has 23 heavy (non-hydrogen) atoms. The predicted octanol–water partition coefficient (Wildman–Crippen LogP) is 5.06. The highest BCUT2D eigenvalue weighted by Gasteiger charge is 2.10. The maximum absolute atomic E-state index is 12.1. The molecule has 0 saturated carbocycles. The quantitative estimate of drug-likeness (QED) is 0.680. The largest absolute Gasteiger partial charge is 0.326 e. The lowest BCUT2D eigenvalue weighted by Crippen LogP contribution is -2.14. The van der Waals surface area contributed by atoms with Gasteiger partial charge in [-0.1, -0.05) is 40.2 Å². The van der Waals surface area contributed by atoms with E-state index < -0.39 is 0 Å². The summed E-state index contributed by atoms with van der Waals surface area (Å²) in [4.78, 5) is 16.7. The Kier molecular flexibility index (Phi) is 4.88. The van der Waals surface area contributed by atoms with Crippen LogP contribution in [0, 0.1) is 6.92 Å². The number of aryl methyl sites for hydroxylation is 1. The van der Waals surface area contributed by atoms with E-state index in [1.165, 1.54) is 11.3 Å². The molecule has 3 aromatic rings. The molecule has 0 radical (unpaired) electrons. The third-order valence-corrected chi connectivity index (χ3v) is 4.63. The molecule has 0 aliphatic carbocycles. The number of hydrogen-bond acceptors (Lipinski definition) is 3. The number of halogens is 1. The third-order valence-electron chi connectivity index (χ3n) is 3.29. The van der Waals surface area contributed by atoms with Crippen LogP contribution in [0.3, 0.4) is 0 Å². The number of nitrogens with one attached hydrogen (secondary N) is 1. The van der Waals surface area contributed by atoms with E-state index in [-0.39, 0.29) is 12.3 Å². The fourth-order valence-electron chi connectivity index (χ4n) is 2.24. The Balaban J connectivity index is 1.68. The molecular weight excluding hydrogens is 372 g/mol. The van der Waals surface area contributed by atoms with Crippen LogP contribution in [0.15, 0.2) is 58.4 Å². The summed E-state index contributed by atoms with van der Waals surface area (Å²) in [6, 6.07) is 15.8. The van der Waals surface area contributed by atoms with E-state index in [0.29, 0.717) is 0 Å². The number of anilines is 1. The van der Waals surface area contributed by atoms with Crippen molar-refractivity contribution >= 4 is 38.9 Å². The Bertz CT molecular complexity index is 844. The first-order valence-electron chi connectivity index (χ1n) is 7.17. The Morgan fingerprint density at radius 3 is 2.83 bits per heavy atom. The zero-order valence-corrected chi connectivity index (χ0v) is 14.9. The number of amides is 1. The van der Waals surface area contributed by atoms with Gasteiger partial charge in [0, 0.05) is 21.1 Å². The minimum Gasteiger partial charge on any atom is -0.326 e. The minimum atomic E-state index is -0.0502. The molecule has 5 heteroatoms. The molecule has 0 saturated heterocycles. The summed E-state index contributed by atoms with van der Waals surface area (Å²) in [5, 5.41) is 5.70. The lowest BCUT2D eigenvalue weighted by Gasteiger charge is -2.04. The molecule has 2 aromatic carbocycles. The number of carbonyl (C=O) groups excluding carboxylic acids is 1. The van der Waals surface area contributed by atoms with Gasteiger partial charge in [0.05, 0.1) is 12.1 Å². The topological polar surface area (TPSA) is 42.0 Å². The van der Waals surface area contributed by atoms with Gasteiger partial charge in [-0.3, -0.25) is 4.79 Å². The molecule has 0 aliphatic rings. The molecule has 1 amide bonds. The molecule has 0 spiro atoms. The van der Waals surface area contributed by atoms with Crippen molar-refractivity contribution in [2.75, 3.05) is 5.32 Å². The molecule has 1 N–H and O–H groups in total. The van der Waals surface area contributed by atoms with Crippen molar-refractivity contribution < 1.29 is 4.79 Å². The maximum atomic E-state index is 12.1. The maximum Gasteiger partial charge on any atom is 0.231 e. The lowest BCUT2D eigenvalue weighted by molar-refractivity contribution is -0.115. The van der Waals surface area contributed by atoms with Crippen molar-refractivity contribution in [3.8, 4) is 11.3 Å². The van der Waals surface area contributed by atoms with E-state index in [1.807, 2.05) is 60.8 Å². The molecule has 0 bridgehead atoms. The van der Waals surface area contributed by atoms with Gasteiger partial charge >= 0.3 is 0 Å². The van der Waals surface area contributed by atoms with Crippen LogP contribution >= 0.6 is 27.3 Å². The number of rotatable bonds is 4. The summed E-state index contributed by atoms with van der Waals surface area (Å²) in [6.45, 7) is 2.00. The van der Waals surface area contributed by atoms with Crippen LogP contribution in [0.5, 0.6) is 0 Å². The molecule has 116 valence electrons. The van der Waals surface area contributed by atoms with E-state index in [9.17, 15) is 4.79 Å². The second-order valence-electron chi connectivity index (χ2n) is 5.23. The number of hydrogen-bond donors (Lipinski definition) is 1. The van der Waals surface area contributed by atoms with Crippen LogP contribution in [-0.4, -0.2) is 10.9 Å². The van der Waals surface area contributed by atoms with Crippen molar-refractivity contribution in [2.24, 2.45) is 0 Å². The van der Waals surface area contributed by atoms with Crippen molar-refractivity contribution in [1.29, 1.82) is 0 Å². The van der Waals surface area contributed by atoms with Crippen molar-refractivity contribution in [3.63, 3.8) is 0 Å². The highest BCUT2D eigenvalue weighted by Crippen LogP contribution is 2.25. The summed E-state index contributed by atoms with van der Waals surface area (Å²) in [7, 11) is 0. The minimum absolute atomic E-state index is 0.0502. The zero-order valence-electron chi connectivity index (χ0n) is 12.5. The first kappa shape index (κ1) is 15.9. The number of nitrogens with zero attached hydrogens (tertiary/aromatic N) is 1. The second-order valence-corrected chi connectivity index (χ2v) is 7.09. The van der Waals surface area contributed by atoms with Gasteiger partial charge in [0.2, 0.25) is 5.91 Å². The monoisotopic (exact) mass is 386 g/mol. The second kappa shape index (κ2) is 7.06. The molecule has 0 unspecified atom stereocenters. The van der Waals surface area contributed by atoms with E-state index in [1.54, 1.807) is 0 Å². The number of aromatic nitrogens is 1. The van der Waals surface area contributed by atoms with Crippen LogP contribution in [0.25, 0.3) is 11.3 Å². The van der Waals surface area contributed by atoms with Gasteiger partial charge in [-0.25, -0.2) is 4.98 Å². The van der Waals surface area contributed by atoms with Gasteiger partial charge in [-0.2, -0.15) is 0 Å². The van der Waals surface area contributed by atoms with E-state index in [0.717, 1.165) is 32.0 Å². The van der Waals surface area contributed by atoms with Crippen LogP contribution in [0.2, 0.25) is 0 Å². The highest BCUT2D eigenvalue weighted by molar-refractivity contribution is 9.10. The molecule has 3 nitrogen and oxygen atoms in total. The van der Waals surface area contributed by atoms with Gasteiger partial charge in [0.1, 0.15) is 5.01 Å². The lowest BCUT2D eigenvalue weighted by atomic mass is 10.2. The highest BCUT2D eigenvalue weighted by atomic mass is 79.9. The average Bonchev–Trinajstić information content (AvgIpc) is 2.95. The van der Waals surface area contributed by atoms with E-state index in [2.05, 4.69) is 26.2 Å². The fourth-order valence-corrected chi connectivity index (χ4v) is 3.44. The van der Waals surface area contributed by atoms with Crippen LogP contribution in [0.1, 0.15) is 10.6 Å². The van der Waals surface area contributed by atoms with E-state index in [4.69, 9.17) is 0 Å². The summed E-state index contributed by atoms with van der Waals surface area (Å²) < 4.78 is 1.02. The molecule has 0 aliphatic heterocycles. The van der Waals surface area contributed by atoms with Gasteiger partial charge in [0.25, 0.3) is 0 Å². The summed E-state index contributed by atoms with van der Waals surface area (Å²) >= 11 is 4.97. The van der Waals surface area contributed by atoms with Gasteiger partial charge in [0.15, 0.2) is 0 Å². The van der Waals surface area contributed by atoms with E-state index >= 15 is 0 Å². The Labute approximate surface area is 147 Å². The zero-order chi connectivity index (χ0) is 16.2. The van der Waals surface area contributed by atoms with Gasteiger partial charge in [-0.15, -0.1) is 11.3 Å². The molecule has 1 heterocycles. The van der Waals surface area contributed by atoms with Crippen molar-refractivity contribution in [1.82, 2.24) is 4.98 Å². The first-order valence-corrected chi connectivity index (χ1v) is 8.84. The standard InChI is InChI=1S/C18H15BrN2OS/c1-12-4-2-7-15(8-12)20-17(22)10-18-21-16(11-23-18)13-5-3-6-14(19)9-13/h2-9,11H,10H2,1H3,(H,20,22). The number of thiazole rings is 1. The van der Waals surface area contributed by atoms with Crippen LogP contribution in [-0.2, 0) is 11.2 Å². The predicted molar refractivity (Wildman–Crippen MR) is 98.8 cm³/mol. The molecule has 1 aromatic heterocycles. The Hall–Kier alpha value is -1.98. The fraction of sp³-hybridized carbons (Fsp3) is 0.111. The van der Waals surface area contributed by atoms with Crippen LogP contribution in [0.4, 0.5) is 5.69 Å². The van der Waals surface area contributed by atoms with Crippen molar-refractivity contribution in [2.45, 2.75) is 13.3 Å². The SMILES string of the molecule is Cc1cccc(NC(=O)Cc2nc(-c3cccc(Br)c3)cs2)c1. The smallest absolute Gasteiger partial charge is 0.231 e. The Morgan fingerprint density at radius 2 is 2.04 bits per heavy atom. The number of benzene rings is 2. The summed E-state index contributed by atoms with van der Waals surface area (Å²) in [5.74, 6) is -0.0502. The third kappa shape index (κ3) is 4.27. The molecule has 3 rings (SSSR count). The first-order chi connectivity index (χ1) is 11.1. The molecule has 0 atom stereocenters. The molecular formula is C18H15BrN2OS. The van der Waals surface area contributed by atoms with Crippen LogP contribution < -0.4 is 5.32 Å². The average molecular weight is 387 g/mol. The Morgan fingerprint density at radius 1 is 1.22 bits per heavy atom. The normalized spacial score (nSPS) is 10.5. The molecule has 0 fully saturated rings. The number of carbonyl (C=O) groups is 1. The summed E-state index contributed by atoms with van der Waals surface area (Å²) in [6.07, 6.45) is 0.284. The van der Waals surface area contributed by atoms with Gasteiger partial charge in [-0.05, 0) is 36.8 Å². The van der Waals surface area contributed by atoms with Gasteiger partial charge < -0.3 is 5.32 Å². The van der Waals surface area contributed by atoms with Crippen molar-refractivity contribution in [3.05, 3.63) is 69.0 Å².